The van der Waals surface area contributed by atoms with Gasteiger partial charge in [0, 0.05) is 36.9 Å². The van der Waals surface area contributed by atoms with E-state index in [4.69, 9.17) is 9.97 Å². The fraction of sp³-hybridized carbons (Fsp3) is 0. The SMILES string of the molecule is N#Cc1cc(-c2cccc(-c3nc(-c4ccccc4)cc(-c4ccccc4)n3)c2)cc(-c2cc3sc4cccc5c6ccccc6c(c2)c3c45)c1. The molecule has 3 nitrogen and oxygen atoms in total. The van der Waals surface area contributed by atoms with Gasteiger partial charge in [0.1, 0.15) is 0 Å². The number of nitrogens with zero attached hydrogens (tertiary/aromatic N) is 3. The van der Waals surface area contributed by atoms with Gasteiger partial charge in [0.15, 0.2) is 5.82 Å². The van der Waals surface area contributed by atoms with Crippen LogP contribution in [0.3, 0.4) is 0 Å². The summed E-state index contributed by atoms with van der Waals surface area (Å²) in [4.78, 5) is 10.1. The Morgan fingerprint density at radius 2 is 0.922 bits per heavy atom. The van der Waals surface area contributed by atoms with E-state index in [1.165, 1.54) is 41.7 Å². The van der Waals surface area contributed by atoms with Crippen molar-refractivity contribution in [3.8, 4) is 62.2 Å². The lowest BCUT2D eigenvalue weighted by molar-refractivity contribution is 1.18. The van der Waals surface area contributed by atoms with E-state index in [0.29, 0.717) is 11.4 Å². The standard InChI is InChI=1S/C47H27N3S/c48-28-29-21-34(24-35(22-29)36-25-40-38-18-8-7-17-37(38)39-19-10-20-43-45(39)46(40)44(26-36)51-43)32-15-9-16-33(23-32)47-49-41(30-11-3-1-4-12-30)27-42(50-47)31-13-5-2-6-14-31/h1-27H. The molecule has 10 aromatic rings. The Balaban J connectivity index is 1.13. The first-order valence-electron chi connectivity index (χ1n) is 17.0. The fourth-order valence-electron chi connectivity index (χ4n) is 7.46. The lowest BCUT2D eigenvalue weighted by Crippen LogP contribution is -1.96. The summed E-state index contributed by atoms with van der Waals surface area (Å²) in [6.45, 7) is 0. The van der Waals surface area contributed by atoms with E-state index in [-0.39, 0.29) is 0 Å². The molecule has 2 heterocycles. The maximum absolute atomic E-state index is 10.2. The van der Waals surface area contributed by atoms with Crippen LogP contribution < -0.4 is 0 Å². The van der Waals surface area contributed by atoms with Crippen LogP contribution in [-0.4, -0.2) is 9.97 Å². The highest BCUT2D eigenvalue weighted by molar-refractivity contribution is 7.26. The Morgan fingerprint density at radius 3 is 1.63 bits per heavy atom. The molecule has 0 radical (unpaired) electrons. The van der Waals surface area contributed by atoms with Gasteiger partial charge in [-0.15, -0.1) is 11.3 Å². The molecule has 0 unspecified atom stereocenters. The van der Waals surface area contributed by atoms with Crippen LogP contribution in [0.2, 0.25) is 0 Å². The third-order valence-electron chi connectivity index (χ3n) is 9.82. The lowest BCUT2D eigenvalue weighted by Gasteiger charge is -2.13. The van der Waals surface area contributed by atoms with Crippen molar-refractivity contribution in [2.45, 2.75) is 0 Å². The zero-order valence-corrected chi connectivity index (χ0v) is 28.2. The normalized spacial score (nSPS) is 11.5. The Kier molecular flexibility index (Phi) is 6.74. The predicted octanol–water partition coefficient (Wildman–Crippen LogP) is 12.8. The number of benzene rings is 8. The third-order valence-corrected chi connectivity index (χ3v) is 10.9. The summed E-state index contributed by atoms with van der Waals surface area (Å²) in [6, 6.07) is 59.4. The molecule has 0 aliphatic rings. The van der Waals surface area contributed by atoms with E-state index < -0.39 is 0 Å². The lowest BCUT2D eigenvalue weighted by atomic mass is 9.91. The molecule has 0 spiro atoms. The van der Waals surface area contributed by atoms with E-state index in [9.17, 15) is 5.26 Å². The second kappa shape index (κ2) is 11.7. The first-order valence-corrected chi connectivity index (χ1v) is 17.8. The molecule has 0 aliphatic carbocycles. The smallest absolute Gasteiger partial charge is 0.160 e. The highest BCUT2D eigenvalue weighted by atomic mass is 32.1. The highest BCUT2D eigenvalue weighted by Crippen LogP contribution is 2.47. The number of fused-ring (bicyclic) bond motifs is 3. The van der Waals surface area contributed by atoms with Crippen LogP contribution in [0.15, 0.2) is 164 Å². The predicted molar refractivity (Wildman–Crippen MR) is 213 cm³/mol. The van der Waals surface area contributed by atoms with Crippen LogP contribution >= 0.6 is 11.3 Å². The number of rotatable bonds is 5. The van der Waals surface area contributed by atoms with Gasteiger partial charge in [-0.3, -0.25) is 0 Å². The first-order chi connectivity index (χ1) is 25.2. The average molecular weight is 666 g/mol. The highest BCUT2D eigenvalue weighted by Gasteiger charge is 2.18. The minimum Gasteiger partial charge on any atom is -0.228 e. The number of nitriles is 1. The molecule has 8 aromatic carbocycles. The monoisotopic (exact) mass is 665 g/mol. The number of hydrogen-bond acceptors (Lipinski definition) is 4. The molecular formula is C47H27N3S. The summed E-state index contributed by atoms with van der Waals surface area (Å²) in [5, 5.41) is 18.0. The Morgan fingerprint density at radius 1 is 0.392 bits per heavy atom. The van der Waals surface area contributed by atoms with Crippen molar-refractivity contribution in [3.63, 3.8) is 0 Å². The average Bonchev–Trinajstić information content (AvgIpc) is 3.60. The van der Waals surface area contributed by atoms with Crippen LogP contribution in [0.4, 0.5) is 0 Å². The molecule has 0 amide bonds. The van der Waals surface area contributed by atoms with Crippen LogP contribution in [-0.2, 0) is 0 Å². The Hall–Kier alpha value is -6.67. The summed E-state index contributed by atoms with van der Waals surface area (Å²) < 4.78 is 2.56. The molecule has 4 heteroatoms. The van der Waals surface area contributed by atoms with E-state index >= 15 is 0 Å². The molecule has 0 N–H and O–H groups in total. The second-order valence-corrected chi connectivity index (χ2v) is 14.0. The van der Waals surface area contributed by atoms with Gasteiger partial charge in [0.05, 0.1) is 23.0 Å². The van der Waals surface area contributed by atoms with Gasteiger partial charge in [-0.25, -0.2) is 9.97 Å². The minimum atomic E-state index is 0.620. The van der Waals surface area contributed by atoms with Gasteiger partial charge in [0.2, 0.25) is 0 Å². The van der Waals surface area contributed by atoms with Crippen LogP contribution in [0.5, 0.6) is 0 Å². The van der Waals surface area contributed by atoms with Gasteiger partial charge in [0.25, 0.3) is 0 Å². The van der Waals surface area contributed by atoms with Gasteiger partial charge in [-0.2, -0.15) is 5.26 Å². The fourth-order valence-corrected chi connectivity index (χ4v) is 8.65. The first kappa shape index (κ1) is 29.3. The third kappa shape index (κ3) is 4.95. The van der Waals surface area contributed by atoms with Crippen molar-refractivity contribution in [1.29, 1.82) is 5.26 Å². The summed E-state index contributed by atoms with van der Waals surface area (Å²) in [6.07, 6.45) is 0. The van der Waals surface area contributed by atoms with E-state index in [1.54, 1.807) is 0 Å². The van der Waals surface area contributed by atoms with Crippen molar-refractivity contribution in [2.24, 2.45) is 0 Å². The zero-order valence-electron chi connectivity index (χ0n) is 27.3. The number of hydrogen-bond donors (Lipinski definition) is 0. The summed E-state index contributed by atoms with van der Waals surface area (Å²) >= 11 is 1.84. The molecule has 10 rings (SSSR count). The van der Waals surface area contributed by atoms with Crippen LogP contribution in [0.1, 0.15) is 5.56 Å². The quantitative estimate of drug-likeness (QED) is 0.172. The Labute approximate surface area is 298 Å². The zero-order chi connectivity index (χ0) is 33.9. The number of aromatic nitrogens is 2. The maximum Gasteiger partial charge on any atom is 0.160 e. The molecule has 2 aromatic heterocycles. The molecule has 0 bridgehead atoms. The molecule has 0 fully saturated rings. The van der Waals surface area contributed by atoms with Crippen LogP contribution in [0.25, 0.3) is 97.9 Å². The molecular weight excluding hydrogens is 639 g/mol. The second-order valence-electron chi connectivity index (χ2n) is 12.9. The molecule has 0 saturated heterocycles. The molecule has 0 atom stereocenters. The molecule has 0 aliphatic heterocycles. The summed E-state index contributed by atoms with van der Waals surface area (Å²) in [5.74, 6) is 0.654. The van der Waals surface area contributed by atoms with E-state index in [1.807, 2.05) is 65.9 Å². The Bertz CT molecular complexity index is 2920. The largest absolute Gasteiger partial charge is 0.228 e. The van der Waals surface area contributed by atoms with Gasteiger partial charge >= 0.3 is 0 Å². The number of thiophene rings is 1. The van der Waals surface area contributed by atoms with Crippen molar-refractivity contribution < 1.29 is 0 Å². The van der Waals surface area contributed by atoms with E-state index in [2.05, 4.69) is 115 Å². The minimum absolute atomic E-state index is 0.620. The molecule has 0 saturated carbocycles. The molecule has 51 heavy (non-hydrogen) atoms. The maximum atomic E-state index is 10.2. The van der Waals surface area contributed by atoms with Gasteiger partial charge < -0.3 is 0 Å². The van der Waals surface area contributed by atoms with Crippen LogP contribution in [0, 0.1) is 11.3 Å². The summed E-state index contributed by atoms with van der Waals surface area (Å²) in [5.41, 5.74) is 9.43. The molecule has 236 valence electrons. The summed E-state index contributed by atoms with van der Waals surface area (Å²) in [7, 11) is 0. The van der Waals surface area contributed by atoms with Crippen molar-refractivity contribution >= 4 is 53.1 Å². The topological polar surface area (TPSA) is 49.6 Å². The van der Waals surface area contributed by atoms with Crippen molar-refractivity contribution in [2.75, 3.05) is 0 Å². The van der Waals surface area contributed by atoms with Crippen molar-refractivity contribution in [3.05, 3.63) is 169 Å². The van der Waals surface area contributed by atoms with Gasteiger partial charge in [-0.05, 0) is 92.3 Å². The van der Waals surface area contributed by atoms with Gasteiger partial charge in [-0.1, -0.05) is 115 Å². The van der Waals surface area contributed by atoms with E-state index in [0.717, 1.165) is 50.3 Å². The van der Waals surface area contributed by atoms with Crippen molar-refractivity contribution in [1.82, 2.24) is 9.97 Å².